The van der Waals surface area contributed by atoms with E-state index < -0.39 is 17.7 Å². The van der Waals surface area contributed by atoms with Crippen LogP contribution in [0.15, 0.2) is 73.1 Å². The summed E-state index contributed by atoms with van der Waals surface area (Å²) in [5, 5.41) is 14.5. The van der Waals surface area contributed by atoms with Crippen LogP contribution < -0.4 is 10.6 Å². The topological polar surface area (TPSA) is 140 Å². The first-order chi connectivity index (χ1) is 18.8. The summed E-state index contributed by atoms with van der Waals surface area (Å²) in [6.45, 7) is 1.51. The van der Waals surface area contributed by atoms with E-state index in [9.17, 15) is 14.0 Å². The molecular weight excluding hydrogens is 507 g/mol. The first-order valence-electron chi connectivity index (χ1n) is 12.0. The molecule has 11 nitrogen and oxygen atoms in total. The standard InChI is InChI=1S/C27H25FN6O5/c1-27(25(37)31-19-5-3-2-4-6-19)15-38-24(39-16-27)23-32-20(17-7-9-18(28)10-8-17)14-34(23)21-11-12-29-26(33-21)30-13-22(35)36/h2-12,14,24H,13,15-16H2,1H3,(H,31,37)(H,35,36)(H,29,30,33). The summed E-state index contributed by atoms with van der Waals surface area (Å²) in [4.78, 5) is 37.1. The van der Waals surface area contributed by atoms with Gasteiger partial charge in [-0.3, -0.25) is 14.2 Å². The number of carboxylic acid groups (broad SMARTS) is 1. The van der Waals surface area contributed by atoms with E-state index in [2.05, 4.69) is 25.6 Å². The zero-order valence-electron chi connectivity index (χ0n) is 20.9. The number of carbonyl (C=O) groups is 2. The van der Waals surface area contributed by atoms with Gasteiger partial charge in [0.05, 0.1) is 24.3 Å². The molecule has 0 atom stereocenters. The smallest absolute Gasteiger partial charge is 0.322 e. The molecule has 1 aliphatic heterocycles. The maximum atomic E-state index is 13.5. The molecule has 0 aliphatic carbocycles. The molecule has 39 heavy (non-hydrogen) atoms. The fourth-order valence-corrected chi connectivity index (χ4v) is 3.92. The second kappa shape index (κ2) is 11.0. The summed E-state index contributed by atoms with van der Waals surface area (Å²) in [6.07, 6.45) is 2.22. The quantitative estimate of drug-likeness (QED) is 0.310. The third-order valence-electron chi connectivity index (χ3n) is 6.06. The highest BCUT2D eigenvalue weighted by Gasteiger charge is 2.41. The predicted molar refractivity (Wildman–Crippen MR) is 138 cm³/mol. The number of carboxylic acids is 1. The number of nitrogens with one attached hydrogen (secondary N) is 2. The number of hydrogen-bond acceptors (Lipinski definition) is 8. The van der Waals surface area contributed by atoms with Crippen molar-refractivity contribution in [2.24, 2.45) is 5.41 Å². The van der Waals surface area contributed by atoms with Gasteiger partial charge in [0.15, 0.2) is 5.82 Å². The Morgan fingerprint density at radius 1 is 1.08 bits per heavy atom. The third-order valence-corrected chi connectivity index (χ3v) is 6.06. The molecule has 2 aromatic heterocycles. The zero-order valence-corrected chi connectivity index (χ0v) is 20.9. The van der Waals surface area contributed by atoms with Gasteiger partial charge in [-0.2, -0.15) is 4.98 Å². The van der Waals surface area contributed by atoms with Crippen LogP contribution in [-0.4, -0.2) is 56.3 Å². The highest BCUT2D eigenvalue weighted by atomic mass is 19.1. The lowest BCUT2D eigenvalue weighted by Gasteiger charge is -2.35. The highest BCUT2D eigenvalue weighted by molar-refractivity contribution is 5.95. The molecule has 1 aliphatic rings. The third kappa shape index (κ3) is 5.92. The maximum absolute atomic E-state index is 13.5. The molecular formula is C27H25FN6O5. The highest BCUT2D eigenvalue weighted by Crippen LogP contribution is 2.34. The summed E-state index contributed by atoms with van der Waals surface area (Å²) in [5.74, 6) is -0.871. The monoisotopic (exact) mass is 532 g/mol. The summed E-state index contributed by atoms with van der Waals surface area (Å²) < 4.78 is 27.2. The molecule has 0 bridgehead atoms. The minimum atomic E-state index is -1.06. The van der Waals surface area contributed by atoms with Crippen molar-refractivity contribution in [3.63, 3.8) is 0 Å². The number of anilines is 2. The number of benzene rings is 2. The Morgan fingerprint density at radius 2 is 1.79 bits per heavy atom. The van der Waals surface area contributed by atoms with Crippen LogP contribution in [0.5, 0.6) is 0 Å². The number of carbonyl (C=O) groups excluding carboxylic acids is 1. The van der Waals surface area contributed by atoms with Crippen molar-refractivity contribution in [1.29, 1.82) is 0 Å². The average Bonchev–Trinajstić information content (AvgIpc) is 3.39. The van der Waals surface area contributed by atoms with Crippen molar-refractivity contribution in [2.75, 3.05) is 30.4 Å². The number of nitrogens with zero attached hydrogens (tertiary/aromatic N) is 4. The number of rotatable bonds is 8. The molecule has 0 unspecified atom stereocenters. The minimum Gasteiger partial charge on any atom is -0.480 e. The van der Waals surface area contributed by atoms with Crippen molar-refractivity contribution >= 4 is 23.5 Å². The number of amides is 1. The number of aliphatic carboxylic acids is 1. The van der Waals surface area contributed by atoms with Gasteiger partial charge in [0.25, 0.3) is 0 Å². The van der Waals surface area contributed by atoms with Crippen LogP contribution in [0.1, 0.15) is 19.0 Å². The largest absolute Gasteiger partial charge is 0.480 e. The van der Waals surface area contributed by atoms with Crippen molar-refractivity contribution in [1.82, 2.24) is 19.5 Å². The molecule has 5 rings (SSSR count). The Morgan fingerprint density at radius 3 is 2.49 bits per heavy atom. The molecule has 12 heteroatoms. The molecule has 0 radical (unpaired) electrons. The van der Waals surface area contributed by atoms with Gasteiger partial charge in [-0.05, 0) is 49.4 Å². The molecule has 1 fully saturated rings. The molecule has 0 saturated carbocycles. The lowest BCUT2D eigenvalue weighted by molar-refractivity contribution is -0.230. The zero-order chi connectivity index (χ0) is 27.4. The van der Waals surface area contributed by atoms with Gasteiger partial charge in [-0.25, -0.2) is 14.4 Å². The van der Waals surface area contributed by atoms with E-state index in [0.29, 0.717) is 28.6 Å². The second-order valence-corrected chi connectivity index (χ2v) is 9.18. The van der Waals surface area contributed by atoms with Crippen LogP contribution in [0.25, 0.3) is 17.1 Å². The fraction of sp³-hybridized carbons (Fsp3) is 0.222. The Labute approximate surface area is 222 Å². The number of para-hydroxylation sites is 1. The summed E-state index contributed by atoms with van der Waals surface area (Å²) in [6, 6.07) is 16.6. The first kappa shape index (κ1) is 25.9. The van der Waals surface area contributed by atoms with E-state index in [1.54, 1.807) is 48.0 Å². The van der Waals surface area contributed by atoms with Crippen LogP contribution in [0.2, 0.25) is 0 Å². The number of halogens is 1. The lowest BCUT2D eigenvalue weighted by Crippen LogP contribution is -2.45. The number of imidazole rings is 1. The molecule has 3 heterocycles. The summed E-state index contributed by atoms with van der Waals surface area (Å²) in [5.41, 5.74) is 0.872. The van der Waals surface area contributed by atoms with Gasteiger partial charge in [-0.1, -0.05) is 18.2 Å². The Hall–Kier alpha value is -4.68. The van der Waals surface area contributed by atoms with E-state index in [-0.39, 0.29) is 37.4 Å². The molecule has 0 spiro atoms. The van der Waals surface area contributed by atoms with E-state index in [1.807, 2.05) is 18.2 Å². The molecule has 4 aromatic rings. The number of hydrogen-bond donors (Lipinski definition) is 3. The van der Waals surface area contributed by atoms with Gasteiger partial charge in [0.2, 0.25) is 18.1 Å². The summed E-state index contributed by atoms with van der Waals surface area (Å²) in [7, 11) is 0. The number of ether oxygens (including phenoxy) is 2. The predicted octanol–water partition coefficient (Wildman–Crippen LogP) is 3.66. The molecule has 1 saturated heterocycles. The Bertz CT molecular complexity index is 1470. The van der Waals surface area contributed by atoms with Gasteiger partial charge < -0.3 is 25.2 Å². The molecule has 3 N–H and O–H groups in total. The van der Waals surface area contributed by atoms with Gasteiger partial charge in [0.1, 0.15) is 18.2 Å². The van der Waals surface area contributed by atoms with Crippen LogP contribution in [-0.2, 0) is 19.1 Å². The van der Waals surface area contributed by atoms with Crippen molar-refractivity contribution in [3.05, 3.63) is 84.7 Å². The van der Waals surface area contributed by atoms with E-state index >= 15 is 0 Å². The molecule has 2 aromatic carbocycles. The van der Waals surface area contributed by atoms with E-state index in [0.717, 1.165) is 0 Å². The summed E-state index contributed by atoms with van der Waals surface area (Å²) >= 11 is 0. The van der Waals surface area contributed by atoms with Gasteiger partial charge in [0, 0.05) is 23.6 Å². The SMILES string of the molecule is CC1(C(=O)Nc2ccccc2)COC(c2nc(-c3ccc(F)cc3)cn2-c2ccnc(NCC(=O)O)n2)OC1. The fourth-order valence-electron chi connectivity index (χ4n) is 3.92. The lowest BCUT2D eigenvalue weighted by atomic mass is 9.91. The maximum Gasteiger partial charge on any atom is 0.322 e. The van der Waals surface area contributed by atoms with Crippen molar-refractivity contribution in [2.45, 2.75) is 13.2 Å². The van der Waals surface area contributed by atoms with Crippen LogP contribution in [0.4, 0.5) is 16.0 Å². The second-order valence-electron chi connectivity index (χ2n) is 9.18. The van der Waals surface area contributed by atoms with E-state index in [4.69, 9.17) is 14.6 Å². The first-order valence-corrected chi connectivity index (χ1v) is 12.0. The molecule has 200 valence electrons. The van der Waals surface area contributed by atoms with Crippen LogP contribution in [0.3, 0.4) is 0 Å². The minimum absolute atomic E-state index is 0.0598. The van der Waals surface area contributed by atoms with Gasteiger partial charge >= 0.3 is 5.97 Å². The van der Waals surface area contributed by atoms with E-state index in [1.165, 1.54) is 18.3 Å². The molecule has 1 amide bonds. The normalized spacial score (nSPS) is 18.9. The van der Waals surface area contributed by atoms with Crippen LogP contribution in [0, 0.1) is 11.2 Å². The number of aromatic nitrogens is 4. The average molecular weight is 533 g/mol. The van der Waals surface area contributed by atoms with Gasteiger partial charge in [-0.15, -0.1) is 0 Å². The Kier molecular flexibility index (Phi) is 7.30. The Balaban J connectivity index is 1.42. The van der Waals surface area contributed by atoms with Crippen LogP contribution >= 0.6 is 0 Å². The van der Waals surface area contributed by atoms with Crippen molar-refractivity contribution in [3.8, 4) is 17.1 Å². The van der Waals surface area contributed by atoms with Crippen molar-refractivity contribution < 1.29 is 28.6 Å².